The maximum atomic E-state index is 13.2. The van der Waals surface area contributed by atoms with Crippen LogP contribution in [-0.2, 0) is 14.3 Å². The topological polar surface area (TPSA) is 95.9 Å². The third-order valence-corrected chi connectivity index (χ3v) is 12.5. The van der Waals surface area contributed by atoms with Gasteiger partial charge in [0.2, 0.25) is 5.91 Å². The molecule has 0 saturated heterocycles. The number of hydrogen-bond acceptors (Lipinski definition) is 5. The van der Waals surface area contributed by atoms with Gasteiger partial charge in [0.25, 0.3) is 0 Å². The third-order valence-electron chi connectivity index (χ3n) is 12.5. The highest BCUT2D eigenvalue weighted by Gasteiger charge is 2.24. The summed E-state index contributed by atoms with van der Waals surface area (Å²) in [6.45, 7) is 6.48. The fraction of sp³-hybridized carbons (Fsp3) is 0.891. The third kappa shape index (κ3) is 44.7. The fourth-order valence-electron chi connectivity index (χ4n) is 8.36. The van der Waals surface area contributed by atoms with E-state index in [1.807, 2.05) is 0 Å². The molecular weight excluding hydrogens is 755 g/mol. The highest BCUT2D eigenvalue weighted by Crippen LogP contribution is 2.18. The maximum Gasteiger partial charge on any atom is 0.306 e. The molecule has 0 spiro atoms. The summed E-state index contributed by atoms with van der Waals surface area (Å²) in [5, 5.41) is 23.8. The zero-order valence-electron chi connectivity index (χ0n) is 41.1. The summed E-state index contributed by atoms with van der Waals surface area (Å²) in [4.78, 5) is 26.1. The molecule has 61 heavy (non-hydrogen) atoms. The van der Waals surface area contributed by atoms with Crippen LogP contribution < -0.4 is 5.32 Å². The van der Waals surface area contributed by atoms with Gasteiger partial charge in [-0.1, -0.05) is 225 Å². The van der Waals surface area contributed by atoms with Crippen molar-refractivity contribution in [2.75, 3.05) is 6.61 Å². The molecule has 0 bridgehead atoms. The van der Waals surface area contributed by atoms with Crippen molar-refractivity contribution < 1.29 is 24.5 Å². The van der Waals surface area contributed by atoms with Crippen LogP contribution in [0.1, 0.15) is 290 Å². The van der Waals surface area contributed by atoms with E-state index in [0.717, 1.165) is 64.2 Å². The Morgan fingerprint density at radius 1 is 0.459 bits per heavy atom. The number of hydrogen-bond donors (Lipinski definition) is 3. The zero-order valence-corrected chi connectivity index (χ0v) is 41.1. The maximum absolute atomic E-state index is 13.2. The highest BCUT2D eigenvalue weighted by molar-refractivity contribution is 5.77. The van der Waals surface area contributed by atoms with Gasteiger partial charge in [-0.2, -0.15) is 0 Å². The minimum Gasteiger partial charge on any atom is -0.462 e. The van der Waals surface area contributed by atoms with Crippen molar-refractivity contribution in [3.63, 3.8) is 0 Å². The second-order valence-electron chi connectivity index (χ2n) is 18.6. The van der Waals surface area contributed by atoms with Crippen LogP contribution in [0.15, 0.2) is 24.3 Å². The van der Waals surface area contributed by atoms with E-state index in [1.54, 1.807) is 0 Å². The summed E-state index contributed by atoms with van der Waals surface area (Å²) in [7, 11) is 0. The van der Waals surface area contributed by atoms with Gasteiger partial charge in [0, 0.05) is 6.42 Å². The molecule has 0 aliphatic rings. The Morgan fingerprint density at radius 2 is 0.787 bits per heavy atom. The number of aliphatic hydroxyl groups excluding tert-OH is 2. The minimum atomic E-state index is -0.790. The van der Waals surface area contributed by atoms with Gasteiger partial charge in [0.15, 0.2) is 0 Å². The molecule has 0 heterocycles. The first-order chi connectivity index (χ1) is 30.0. The number of amides is 1. The standard InChI is InChI=1S/C55H105NO5/c1-4-7-10-13-16-19-22-25-27-28-30-32-35-38-41-44-47-53(58)52(50-57)56-54(59)49-51(46-43-40-37-34-31-29-26-23-20-17-14-11-8-5-2)61-55(60)48-45-42-39-36-33-24-21-18-15-12-9-6-3/h18,21,29,31,51-53,57-58H,4-17,19-20,22-28,30,32-50H2,1-3H3,(H,56,59)/b21-18-,31-29+. The van der Waals surface area contributed by atoms with E-state index in [4.69, 9.17) is 4.74 Å². The van der Waals surface area contributed by atoms with E-state index in [9.17, 15) is 19.8 Å². The molecule has 0 radical (unpaired) electrons. The molecule has 0 aromatic rings. The van der Waals surface area contributed by atoms with Crippen LogP contribution in [-0.4, -0.2) is 46.9 Å². The van der Waals surface area contributed by atoms with Crippen LogP contribution >= 0.6 is 0 Å². The Bertz CT molecular complexity index is 966. The van der Waals surface area contributed by atoms with Crippen LogP contribution in [0.2, 0.25) is 0 Å². The van der Waals surface area contributed by atoms with E-state index < -0.39 is 18.2 Å². The van der Waals surface area contributed by atoms with Crippen molar-refractivity contribution in [2.24, 2.45) is 0 Å². The molecule has 6 nitrogen and oxygen atoms in total. The van der Waals surface area contributed by atoms with Crippen LogP contribution in [0, 0.1) is 0 Å². The lowest BCUT2D eigenvalue weighted by molar-refractivity contribution is -0.151. The summed E-state index contributed by atoms with van der Waals surface area (Å²) in [6, 6.07) is -0.704. The van der Waals surface area contributed by atoms with Gasteiger partial charge >= 0.3 is 5.97 Å². The molecule has 0 saturated carbocycles. The summed E-state index contributed by atoms with van der Waals surface area (Å²) in [6.07, 6.45) is 56.7. The van der Waals surface area contributed by atoms with E-state index in [1.165, 1.54) is 180 Å². The van der Waals surface area contributed by atoms with Gasteiger partial charge in [-0.15, -0.1) is 0 Å². The van der Waals surface area contributed by atoms with Crippen molar-refractivity contribution in [1.82, 2.24) is 5.32 Å². The molecule has 0 aliphatic carbocycles. The van der Waals surface area contributed by atoms with Gasteiger partial charge in [0.05, 0.1) is 25.2 Å². The number of allylic oxidation sites excluding steroid dienone is 4. The summed E-state index contributed by atoms with van der Waals surface area (Å²) in [5.74, 6) is -0.487. The Labute approximate surface area is 380 Å². The van der Waals surface area contributed by atoms with Crippen molar-refractivity contribution in [3.8, 4) is 0 Å². The molecule has 0 aromatic heterocycles. The first-order valence-electron chi connectivity index (χ1n) is 27.1. The lowest BCUT2D eigenvalue weighted by Crippen LogP contribution is -2.46. The molecule has 0 rings (SSSR count). The first-order valence-corrected chi connectivity index (χ1v) is 27.1. The molecule has 360 valence electrons. The predicted octanol–water partition coefficient (Wildman–Crippen LogP) is 16.3. The van der Waals surface area contributed by atoms with Gasteiger partial charge < -0.3 is 20.3 Å². The van der Waals surface area contributed by atoms with Gasteiger partial charge in [-0.05, 0) is 77.0 Å². The van der Waals surface area contributed by atoms with Gasteiger partial charge in [-0.25, -0.2) is 0 Å². The molecule has 3 atom stereocenters. The monoisotopic (exact) mass is 860 g/mol. The number of esters is 1. The number of unbranched alkanes of at least 4 members (excludes halogenated alkanes) is 33. The Hall–Kier alpha value is -1.66. The summed E-state index contributed by atoms with van der Waals surface area (Å²) in [5.41, 5.74) is 0. The number of nitrogens with one attached hydrogen (secondary N) is 1. The zero-order chi connectivity index (χ0) is 44.5. The molecule has 6 heteroatoms. The number of aliphatic hydroxyl groups is 2. The number of carbonyl (C=O) groups excluding carboxylic acids is 2. The molecule has 0 fully saturated rings. The Kier molecular flexibility index (Phi) is 48.0. The molecule has 0 aromatic carbocycles. The van der Waals surface area contributed by atoms with E-state index in [2.05, 4.69) is 50.4 Å². The average molecular weight is 860 g/mol. The predicted molar refractivity (Wildman–Crippen MR) is 264 cm³/mol. The Balaban J connectivity index is 4.53. The molecule has 1 amide bonds. The van der Waals surface area contributed by atoms with E-state index in [0.29, 0.717) is 19.3 Å². The first kappa shape index (κ1) is 59.3. The van der Waals surface area contributed by atoms with Crippen molar-refractivity contribution >= 4 is 11.9 Å². The van der Waals surface area contributed by atoms with Crippen LogP contribution in [0.4, 0.5) is 0 Å². The number of ether oxygens (including phenoxy) is 1. The number of rotatable bonds is 49. The van der Waals surface area contributed by atoms with Crippen molar-refractivity contribution in [3.05, 3.63) is 24.3 Å². The molecule has 3 N–H and O–H groups in total. The van der Waals surface area contributed by atoms with Crippen LogP contribution in [0.25, 0.3) is 0 Å². The van der Waals surface area contributed by atoms with Gasteiger partial charge in [-0.3, -0.25) is 9.59 Å². The van der Waals surface area contributed by atoms with Crippen molar-refractivity contribution in [1.29, 1.82) is 0 Å². The highest BCUT2D eigenvalue weighted by atomic mass is 16.5. The number of carbonyl (C=O) groups is 2. The molecule has 0 aliphatic heterocycles. The molecule has 3 unspecified atom stereocenters. The largest absolute Gasteiger partial charge is 0.462 e. The SMILES string of the molecule is CCCCC/C=C\CCCCCCCC(=O)OC(CCCCC/C=C/CCCCCCCCC)CC(=O)NC(CO)C(O)CCCCCCCCCCCCCCCCCC. The van der Waals surface area contributed by atoms with Gasteiger partial charge in [0.1, 0.15) is 6.10 Å². The quantitative estimate of drug-likeness (QED) is 0.0322. The second-order valence-corrected chi connectivity index (χ2v) is 18.6. The summed E-state index contributed by atoms with van der Waals surface area (Å²) < 4.78 is 5.93. The second kappa shape index (κ2) is 49.4. The van der Waals surface area contributed by atoms with E-state index >= 15 is 0 Å². The lowest BCUT2D eigenvalue weighted by atomic mass is 10.0. The summed E-state index contributed by atoms with van der Waals surface area (Å²) >= 11 is 0. The van der Waals surface area contributed by atoms with E-state index in [-0.39, 0.29) is 24.9 Å². The van der Waals surface area contributed by atoms with Crippen LogP contribution in [0.3, 0.4) is 0 Å². The fourth-order valence-corrected chi connectivity index (χ4v) is 8.36. The normalized spacial score (nSPS) is 13.3. The van der Waals surface area contributed by atoms with Crippen LogP contribution in [0.5, 0.6) is 0 Å². The minimum absolute atomic E-state index is 0.0678. The molecular formula is C55H105NO5. The average Bonchev–Trinajstić information content (AvgIpc) is 3.25. The smallest absolute Gasteiger partial charge is 0.306 e. The lowest BCUT2D eigenvalue weighted by Gasteiger charge is -2.24. The Morgan fingerprint density at radius 3 is 1.21 bits per heavy atom. The van der Waals surface area contributed by atoms with Crippen molar-refractivity contribution in [2.45, 2.75) is 309 Å².